The maximum Gasteiger partial charge on any atom is 0.0449 e. The van der Waals surface area contributed by atoms with Crippen molar-refractivity contribution in [3.05, 3.63) is 35.4 Å². The summed E-state index contributed by atoms with van der Waals surface area (Å²) in [5, 5.41) is 9.06. The van der Waals surface area contributed by atoms with Crippen molar-refractivity contribution in [2.24, 2.45) is 0 Å². The van der Waals surface area contributed by atoms with Crippen LogP contribution in [0.25, 0.3) is 0 Å². The Morgan fingerprint density at radius 1 is 1.19 bits per heavy atom. The van der Waals surface area contributed by atoms with Crippen molar-refractivity contribution in [1.29, 1.82) is 0 Å². The van der Waals surface area contributed by atoms with E-state index >= 15 is 0 Å². The van der Waals surface area contributed by atoms with Crippen LogP contribution < -0.4 is 0 Å². The molecule has 0 aliphatic rings. The van der Waals surface area contributed by atoms with Gasteiger partial charge in [0.25, 0.3) is 0 Å². The Bertz CT molecular complexity index is 292. The summed E-state index contributed by atoms with van der Waals surface area (Å²) in [5.41, 5.74) is 2.69. The van der Waals surface area contributed by atoms with E-state index in [4.69, 9.17) is 5.11 Å². The van der Waals surface area contributed by atoms with E-state index < -0.39 is 0 Å². The summed E-state index contributed by atoms with van der Waals surface area (Å²) in [5.74, 6) is 0. The van der Waals surface area contributed by atoms with Crippen LogP contribution in [-0.2, 0) is 6.42 Å². The maximum atomic E-state index is 9.06. The molecule has 2 nitrogen and oxygen atoms in total. The van der Waals surface area contributed by atoms with Gasteiger partial charge >= 0.3 is 0 Å². The highest BCUT2D eigenvalue weighted by molar-refractivity contribution is 5.25. The second-order valence-electron chi connectivity index (χ2n) is 4.48. The zero-order chi connectivity index (χ0) is 12.0. The molecule has 1 N–H and O–H groups in total. The van der Waals surface area contributed by atoms with Gasteiger partial charge in [-0.1, -0.05) is 37.6 Å². The first-order chi connectivity index (χ1) is 7.69. The highest BCUT2D eigenvalue weighted by Crippen LogP contribution is 2.22. The van der Waals surface area contributed by atoms with Crippen molar-refractivity contribution in [3.63, 3.8) is 0 Å². The standard InChI is InChI=1S/C14H23NO/c1-4-5-12-6-8-13(9-7-12)14(10-11-16)15(2)3/h6-9,14,16H,4-5,10-11H2,1-3H3. The van der Waals surface area contributed by atoms with E-state index in [2.05, 4.69) is 50.2 Å². The van der Waals surface area contributed by atoms with Crippen LogP contribution >= 0.6 is 0 Å². The van der Waals surface area contributed by atoms with E-state index in [-0.39, 0.29) is 6.61 Å². The van der Waals surface area contributed by atoms with Crippen LogP contribution in [-0.4, -0.2) is 30.7 Å². The minimum absolute atomic E-state index is 0.236. The van der Waals surface area contributed by atoms with Gasteiger partial charge < -0.3 is 10.0 Å². The first-order valence-corrected chi connectivity index (χ1v) is 6.05. The summed E-state index contributed by atoms with van der Waals surface area (Å²) in [4.78, 5) is 2.16. The number of aryl methyl sites for hydroxylation is 1. The van der Waals surface area contributed by atoms with Crippen molar-refractivity contribution < 1.29 is 5.11 Å². The molecule has 0 spiro atoms. The van der Waals surface area contributed by atoms with Crippen LogP contribution in [0.5, 0.6) is 0 Å². The lowest BCUT2D eigenvalue weighted by Gasteiger charge is -2.24. The largest absolute Gasteiger partial charge is 0.396 e. The zero-order valence-electron chi connectivity index (χ0n) is 10.6. The Morgan fingerprint density at radius 2 is 1.81 bits per heavy atom. The molecule has 1 unspecified atom stereocenters. The van der Waals surface area contributed by atoms with Crippen molar-refractivity contribution in [2.75, 3.05) is 20.7 Å². The number of rotatable bonds is 6. The Morgan fingerprint density at radius 3 is 2.25 bits per heavy atom. The van der Waals surface area contributed by atoms with Gasteiger partial charge in [-0.25, -0.2) is 0 Å². The molecule has 0 saturated carbocycles. The molecule has 0 amide bonds. The van der Waals surface area contributed by atoms with E-state index in [1.54, 1.807) is 0 Å². The highest BCUT2D eigenvalue weighted by atomic mass is 16.3. The maximum absolute atomic E-state index is 9.06. The zero-order valence-corrected chi connectivity index (χ0v) is 10.6. The molecule has 90 valence electrons. The molecule has 0 aliphatic carbocycles. The highest BCUT2D eigenvalue weighted by Gasteiger charge is 2.12. The minimum Gasteiger partial charge on any atom is -0.396 e. The van der Waals surface area contributed by atoms with Crippen LogP contribution in [0.1, 0.15) is 36.9 Å². The molecule has 1 rings (SSSR count). The molecule has 0 fully saturated rings. The first kappa shape index (κ1) is 13.2. The van der Waals surface area contributed by atoms with Crippen LogP contribution in [0.3, 0.4) is 0 Å². The average molecular weight is 221 g/mol. The van der Waals surface area contributed by atoms with Gasteiger partial charge in [-0.2, -0.15) is 0 Å². The lowest BCUT2D eigenvalue weighted by atomic mass is 10.0. The number of hydrogen-bond acceptors (Lipinski definition) is 2. The third-order valence-electron chi connectivity index (χ3n) is 2.93. The van der Waals surface area contributed by atoms with Gasteiger partial charge in [0.15, 0.2) is 0 Å². The summed E-state index contributed by atoms with van der Waals surface area (Å²) < 4.78 is 0. The van der Waals surface area contributed by atoms with Gasteiger partial charge in [0.2, 0.25) is 0 Å². The predicted octanol–water partition coefficient (Wildman–Crippen LogP) is 2.62. The summed E-state index contributed by atoms with van der Waals surface area (Å²) >= 11 is 0. The van der Waals surface area contributed by atoms with E-state index in [0.29, 0.717) is 6.04 Å². The summed E-state index contributed by atoms with van der Waals surface area (Å²) in [6.45, 7) is 2.43. The fourth-order valence-electron chi connectivity index (χ4n) is 2.04. The second kappa shape index (κ2) is 6.66. The van der Waals surface area contributed by atoms with Gasteiger partial charge in [-0.3, -0.25) is 0 Å². The number of aliphatic hydroxyl groups is 1. The van der Waals surface area contributed by atoms with Crippen LogP contribution in [0.2, 0.25) is 0 Å². The van der Waals surface area contributed by atoms with Crippen LogP contribution in [0.15, 0.2) is 24.3 Å². The average Bonchev–Trinajstić information content (AvgIpc) is 2.27. The molecule has 1 aromatic rings. The second-order valence-corrected chi connectivity index (χ2v) is 4.48. The fourth-order valence-corrected chi connectivity index (χ4v) is 2.04. The van der Waals surface area contributed by atoms with Gasteiger partial charge in [0.05, 0.1) is 0 Å². The van der Waals surface area contributed by atoms with Crippen molar-refractivity contribution in [3.8, 4) is 0 Å². The third-order valence-corrected chi connectivity index (χ3v) is 2.93. The van der Waals surface area contributed by atoms with E-state index in [0.717, 1.165) is 12.8 Å². The number of aliphatic hydroxyl groups excluding tert-OH is 1. The first-order valence-electron chi connectivity index (χ1n) is 6.05. The SMILES string of the molecule is CCCc1ccc(C(CCO)N(C)C)cc1. The Labute approximate surface area is 98.9 Å². The molecule has 2 heteroatoms. The van der Waals surface area contributed by atoms with Gasteiger partial charge in [-0.15, -0.1) is 0 Å². The van der Waals surface area contributed by atoms with Gasteiger partial charge in [-0.05, 0) is 38.1 Å². The Balaban J connectivity index is 2.77. The van der Waals surface area contributed by atoms with Crippen molar-refractivity contribution >= 4 is 0 Å². The molecule has 0 saturated heterocycles. The number of hydrogen-bond donors (Lipinski definition) is 1. The summed E-state index contributed by atoms with van der Waals surface area (Å²) in [6, 6.07) is 9.09. The van der Waals surface area contributed by atoms with Crippen molar-refractivity contribution in [2.45, 2.75) is 32.2 Å². The molecule has 0 aliphatic heterocycles. The fraction of sp³-hybridized carbons (Fsp3) is 0.571. The Hall–Kier alpha value is -0.860. The normalized spacial score (nSPS) is 13.1. The van der Waals surface area contributed by atoms with E-state index in [1.807, 2.05) is 0 Å². The summed E-state index contributed by atoms with van der Waals surface area (Å²) in [6.07, 6.45) is 3.13. The topological polar surface area (TPSA) is 23.5 Å². The van der Waals surface area contributed by atoms with Crippen molar-refractivity contribution in [1.82, 2.24) is 4.90 Å². The van der Waals surface area contributed by atoms with Crippen LogP contribution in [0.4, 0.5) is 0 Å². The van der Waals surface area contributed by atoms with Gasteiger partial charge in [0, 0.05) is 12.6 Å². The lowest BCUT2D eigenvalue weighted by molar-refractivity contribution is 0.211. The Kier molecular flexibility index (Phi) is 5.50. The molecular formula is C14H23NO. The molecule has 0 heterocycles. The molecule has 1 aromatic carbocycles. The minimum atomic E-state index is 0.236. The third kappa shape index (κ3) is 3.62. The molecule has 0 aromatic heterocycles. The monoisotopic (exact) mass is 221 g/mol. The molecule has 0 radical (unpaired) electrons. The predicted molar refractivity (Wildman–Crippen MR) is 68.6 cm³/mol. The number of nitrogens with zero attached hydrogens (tertiary/aromatic N) is 1. The van der Waals surface area contributed by atoms with E-state index in [9.17, 15) is 0 Å². The quantitative estimate of drug-likeness (QED) is 0.798. The smallest absolute Gasteiger partial charge is 0.0449 e. The van der Waals surface area contributed by atoms with E-state index in [1.165, 1.54) is 17.5 Å². The van der Waals surface area contributed by atoms with Gasteiger partial charge in [0.1, 0.15) is 0 Å². The molecule has 1 atom stereocenters. The molecule has 16 heavy (non-hydrogen) atoms. The molecule has 0 bridgehead atoms. The van der Waals surface area contributed by atoms with Crippen LogP contribution in [0, 0.1) is 0 Å². The molecular weight excluding hydrogens is 198 g/mol. The summed E-state index contributed by atoms with van der Waals surface area (Å²) in [7, 11) is 4.11. The lowest BCUT2D eigenvalue weighted by Crippen LogP contribution is -2.21. The number of benzene rings is 1.